The SMILES string of the molecule is Cc1ccc(/C(N)=N/O)cc1OCc1ccc(F)c(Cl)c1. The minimum absolute atomic E-state index is 0.00433. The van der Waals surface area contributed by atoms with Gasteiger partial charge in [-0.1, -0.05) is 35.0 Å². The first-order chi connectivity index (χ1) is 10.0. The number of hydrogen-bond acceptors (Lipinski definition) is 3. The van der Waals surface area contributed by atoms with Crippen LogP contribution in [0.5, 0.6) is 5.75 Å². The fourth-order valence-electron chi connectivity index (χ4n) is 1.76. The summed E-state index contributed by atoms with van der Waals surface area (Å²) in [6, 6.07) is 9.62. The topological polar surface area (TPSA) is 67.8 Å². The van der Waals surface area contributed by atoms with E-state index in [1.165, 1.54) is 12.1 Å². The van der Waals surface area contributed by atoms with Crippen LogP contribution in [0.15, 0.2) is 41.6 Å². The van der Waals surface area contributed by atoms with Gasteiger partial charge in [0.15, 0.2) is 5.84 Å². The predicted molar refractivity (Wildman–Crippen MR) is 79.4 cm³/mol. The van der Waals surface area contributed by atoms with E-state index in [4.69, 9.17) is 27.3 Å². The third kappa shape index (κ3) is 3.64. The number of nitrogens with zero attached hydrogens (tertiary/aromatic N) is 1. The van der Waals surface area contributed by atoms with Crippen LogP contribution in [0.1, 0.15) is 16.7 Å². The van der Waals surface area contributed by atoms with Crippen LogP contribution in [0, 0.1) is 12.7 Å². The predicted octanol–water partition coefficient (Wildman–Crippen LogP) is 3.46. The maximum atomic E-state index is 13.1. The van der Waals surface area contributed by atoms with Gasteiger partial charge < -0.3 is 15.7 Å². The molecule has 110 valence electrons. The number of ether oxygens (including phenoxy) is 1. The molecule has 2 aromatic carbocycles. The van der Waals surface area contributed by atoms with Crippen molar-refractivity contribution in [1.82, 2.24) is 0 Å². The van der Waals surface area contributed by atoms with Crippen LogP contribution in [-0.2, 0) is 6.61 Å². The molecule has 2 rings (SSSR count). The number of hydrogen-bond donors (Lipinski definition) is 2. The number of rotatable bonds is 4. The van der Waals surface area contributed by atoms with E-state index in [9.17, 15) is 4.39 Å². The highest BCUT2D eigenvalue weighted by molar-refractivity contribution is 6.30. The Balaban J connectivity index is 2.17. The summed E-state index contributed by atoms with van der Waals surface area (Å²) in [5.74, 6) is 0.134. The van der Waals surface area contributed by atoms with Gasteiger partial charge in [-0.15, -0.1) is 0 Å². The summed E-state index contributed by atoms with van der Waals surface area (Å²) in [6.45, 7) is 2.11. The molecule has 0 saturated heterocycles. The molecule has 2 aromatic rings. The van der Waals surface area contributed by atoms with E-state index in [0.717, 1.165) is 11.1 Å². The zero-order chi connectivity index (χ0) is 15.4. The Morgan fingerprint density at radius 2 is 2.10 bits per heavy atom. The van der Waals surface area contributed by atoms with Crippen molar-refractivity contribution in [3.8, 4) is 5.75 Å². The first kappa shape index (κ1) is 15.1. The lowest BCUT2D eigenvalue weighted by Gasteiger charge is -2.11. The minimum atomic E-state index is -0.467. The van der Waals surface area contributed by atoms with E-state index in [1.807, 2.05) is 6.92 Å². The monoisotopic (exact) mass is 308 g/mol. The number of oxime groups is 1. The number of aryl methyl sites for hydroxylation is 1. The molecule has 3 N–H and O–H groups in total. The first-order valence-electron chi connectivity index (χ1n) is 6.16. The van der Waals surface area contributed by atoms with Crippen LogP contribution in [0.3, 0.4) is 0 Å². The van der Waals surface area contributed by atoms with Crippen LogP contribution in [-0.4, -0.2) is 11.0 Å². The maximum absolute atomic E-state index is 13.1. The third-order valence-electron chi connectivity index (χ3n) is 2.97. The molecule has 21 heavy (non-hydrogen) atoms. The van der Waals surface area contributed by atoms with Crippen LogP contribution in [0.2, 0.25) is 5.02 Å². The van der Waals surface area contributed by atoms with Crippen molar-refractivity contribution in [2.45, 2.75) is 13.5 Å². The van der Waals surface area contributed by atoms with Gasteiger partial charge in [0.1, 0.15) is 18.2 Å². The van der Waals surface area contributed by atoms with Gasteiger partial charge >= 0.3 is 0 Å². The van der Waals surface area contributed by atoms with E-state index in [1.54, 1.807) is 24.3 Å². The standard InChI is InChI=1S/C15H14ClFN2O2/c1-9-2-4-11(15(18)19-20)7-14(9)21-8-10-3-5-13(17)12(16)6-10/h2-7,20H,8H2,1H3,(H2,18,19). The van der Waals surface area contributed by atoms with E-state index in [2.05, 4.69) is 5.16 Å². The lowest BCUT2D eigenvalue weighted by Crippen LogP contribution is -2.13. The summed E-state index contributed by atoms with van der Waals surface area (Å²) in [6.07, 6.45) is 0. The Hall–Kier alpha value is -2.27. The second-order valence-corrected chi connectivity index (χ2v) is 4.91. The number of nitrogens with two attached hydrogens (primary N) is 1. The maximum Gasteiger partial charge on any atom is 0.170 e. The highest BCUT2D eigenvalue weighted by atomic mass is 35.5. The average Bonchev–Trinajstić information content (AvgIpc) is 2.49. The molecular weight excluding hydrogens is 295 g/mol. The lowest BCUT2D eigenvalue weighted by atomic mass is 10.1. The molecule has 0 amide bonds. The largest absolute Gasteiger partial charge is 0.489 e. The van der Waals surface area contributed by atoms with Crippen molar-refractivity contribution < 1.29 is 14.3 Å². The molecule has 0 bridgehead atoms. The molecule has 0 unspecified atom stereocenters. The van der Waals surface area contributed by atoms with E-state index in [-0.39, 0.29) is 17.5 Å². The van der Waals surface area contributed by atoms with E-state index < -0.39 is 5.82 Å². The number of halogens is 2. The molecule has 0 aliphatic carbocycles. The molecule has 4 nitrogen and oxygen atoms in total. The van der Waals surface area contributed by atoms with Gasteiger partial charge in [-0.25, -0.2) is 4.39 Å². The quantitative estimate of drug-likeness (QED) is 0.393. The van der Waals surface area contributed by atoms with Crippen LogP contribution in [0.4, 0.5) is 4.39 Å². The Labute approximate surface area is 126 Å². The van der Waals surface area contributed by atoms with E-state index in [0.29, 0.717) is 11.3 Å². The smallest absolute Gasteiger partial charge is 0.170 e. The molecule has 0 heterocycles. The lowest BCUT2D eigenvalue weighted by molar-refractivity contribution is 0.303. The molecule has 0 radical (unpaired) electrons. The van der Waals surface area contributed by atoms with Crippen molar-refractivity contribution in [3.05, 3.63) is 63.9 Å². The normalized spacial score (nSPS) is 11.5. The minimum Gasteiger partial charge on any atom is -0.489 e. The Morgan fingerprint density at radius 3 is 2.76 bits per heavy atom. The van der Waals surface area contributed by atoms with Gasteiger partial charge in [0.2, 0.25) is 0 Å². The molecule has 0 fully saturated rings. The zero-order valence-electron chi connectivity index (χ0n) is 11.3. The summed E-state index contributed by atoms with van der Waals surface area (Å²) >= 11 is 5.72. The average molecular weight is 309 g/mol. The zero-order valence-corrected chi connectivity index (χ0v) is 12.1. The van der Waals surface area contributed by atoms with Gasteiger partial charge in [0.25, 0.3) is 0 Å². The first-order valence-corrected chi connectivity index (χ1v) is 6.54. The second kappa shape index (κ2) is 6.45. The second-order valence-electron chi connectivity index (χ2n) is 4.50. The fourth-order valence-corrected chi connectivity index (χ4v) is 1.97. The molecule has 0 spiro atoms. The van der Waals surface area contributed by atoms with Crippen molar-refractivity contribution in [1.29, 1.82) is 0 Å². The Morgan fingerprint density at radius 1 is 1.33 bits per heavy atom. The van der Waals surface area contributed by atoms with Gasteiger partial charge in [-0.3, -0.25) is 0 Å². The molecule has 0 aromatic heterocycles. The number of benzene rings is 2. The van der Waals surface area contributed by atoms with Crippen LogP contribution in [0.25, 0.3) is 0 Å². The molecule has 0 saturated carbocycles. The van der Waals surface area contributed by atoms with Gasteiger partial charge in [0.05, 0.1) is 5.02 Å². The fraction of sp³-hybridized carbons (Fsp3) is 0.133. The van der Waals surface area contributed by atoms with Crippen molar-refractivity contribution in [2.24, 2.45) is 10.9 Å². The van der Waals surface area contributed by atoms with Gasteiger partial charge in [0, 0.05) is 5.56 Å². The van der Waals surface area contributed by atoms with Crippen molar-refractivity contribution >= 4 is 17.4 Å². The number of amidine groups is 1. The van der Waals surface area contributed by atoms with Gasteiger partial charge in [-0.05, 0) is 36.2 Å². The van der Waals surface area contributed by atoms with Crippen molar-refractivity contribution in [2.75, 3.05) is 0 Å². The summed E-state index contributed by atoms with van der Waals surface area (Å²) in [5, 5.41) is 11.7. The molecular formula is C15H14ClFN2O2. The third-order valence-corrected chi connectivity index (χ3v) is 3.26. The van der Waals surface area contributed by atoms with Gasteiger partial charge in [-0.2, -0.15) is 0 Å². The summed E-state index contributed by atoms with van der Waals surface area (Å²) < 4.78 is 18.8. The highest BCUT2D eigenvalue weighted by Crippen LogP contribution is 2.22. The molecule has 0 atom stereocenters. The summed E-state index contributed by atoms with van der Waals surface area (Å²) in [5.41, 5.74) is 7.74. The Kier molecular flexibility index (Phi) is 4.65. The molecule has 0 aliphatic rings. The van der Waals surface area contributed by atoms with Crippen molar-refractivity contribution in [3.63, 3.8) is 0 Å². The van der Waals surface area contributed by atoms with Crippen LogP contribution < -0.4 is 10.5 Å². The summed E-state index contributed by atoms with van der Waals surface area (Å²) in [4.78, 5) is 0. The summed E-state index contributed by atoms with van der Waals surface area (Å²) in [7, 11) is 0. The molecule has 6 heteroatoms. The van der Waals surface area contributed by atoms with E-state index >= 15 is 0 Å². The molecule has 0 aliphatic heterocycles. The highest BCUT2D eigenvalue weighted by Gasteiger charge is 2.07. The Bertz CT molecular complexity index is 689. The van der Waals surface area contributed by atoms with Crippen LogP contribution >= 0.6 is 11.6 Å².